The Hall–Kier alpha value is -2.21. The molecule has 0 aromatic carbocycles. The number of H-pyrrole nitrogens is 1. The first-order valence-corrected chi connectivity index (χ1v) is 6.56. The second kappa shape index (κ2) is 4.47. The van der Waals surface area contributed by atoms with Crippen molar-refractivity contribution in [3.63, 3.8) is 0 Å². The number of thiophene rings is 1. The van der Waals surface area contributed by atoms with Gasteiger partial charge in [0.1, 0.15) is 0 Å². The molecule has 0 amide bonds. The molecule has 0 fully saturated rings. The minimum Gasteiger partial charge on any atom is -0.481 e. The number of nitrogens with zero attached hydrogens (tertiary/aromatic N) is 2. The summed E-state index contributed by atoms with van der Waals surface area (Å²) in [7, 11) is 0. The third kappa shape index (κ3) is 2.22. The summed E-state index contributed by atoms with van der Waals surface area (Å²) >= 11 is 1.51. The van der Waals surface area contributed by atoms with Crippen LogP contribution in [0.1, 0.15) is 9.75 Å². The summed E-state index contributed by atoms with van der Waals surface area (Å²) in [6.45, 7) is 1.98. The van der Waals surface area contributed by atoms with Gasteiger partial charge in [0.05, 0.1) is 12.6 Å². The van der Waals surface area contributed by atoms with E-state index in [1.54, 1.807) is 12.4 Å². The summed E-state index contributed by atoms with van der Waals surface area (Å²) in [5, 5.41) is 16.6. The van der Waals surface area contributed by atoms with Crippen molar-refractivity contribution >= 4 is 28.3 Å². The predicted octanol–water partition coefficient (Wildman–Crippen LogP) is 2.62. The molecule has 0 aliphatic carbocycles. The van der Waals surface area contributed by atoms with Crippen LogP contribution in [-0.4, -0.2) is 26.3 Å². The van der Waals surface area contributed by atoms with Gasteiger partial charge in [-0.15, -0.1) is 11.3 Å². The second-order valence-electron chi connectivity index (χ2n) is 4.30. The minimum absolute atomic E-state index is 0.0390. The van der Waals surface area contributed by atoms with Gasteiger partial charge < -0.3 is 5.11 Å². The molecule has 3 aromatic rings. The van der Waals surface area contributed by atoms with Gasteiger partial charge in [0, 0.05) is 26.9 Å². The zero-order chi connectivity index (χ0) is 13.4. The average Bonchev–Trinajstić information content (AvgIpc) is 2.93. The smallest absolute Gasteiger partial charge is 0.308 e. The maximum atomic E-state index is 10.9. The predicted molar refractivity (Wildman–Crippen MR) is 73.3 cm³/mol. The Morgan fingerprint density at radius 1 is 1.42 bits per heavy atom. The molecule has 3 heterocycles. The standard InChI is InChI=1S/C13H11N3O2S/c1-7-2-10(11(19-7)4-12(17)18)8-3-9-6-15-16-13(9)14-5-8/h2-3,5-6H,4H2,1H3,(H,17,18)(H,14,15,16). The van der Waals surface area contributed by atoms with Crippen molar-refractivity contribution in [2.45, 2.75) is 13.3 Å². The van der Waals surface area contributed by atoms with E-state index in [1.807, 2.05) is 19.1 Å². The molecule has 0 spiro atoms. The van der Waals surface area contributed by atoms with Gasteiger partial charge in [-0.05, 0) is 24.6 Å². The van der Waals surface area contributed by atoms with E-state index in [1.165, 1.54) is 11.3 Å². The molecule has 6 heteroatoms. The maximum absolute atomic E-state index is 10.9. The molecule has 0 radical (unpaired) electrons. The van der Waals surface area contributed by atoms with Crippen LogP contribution >= 0.6 is 11.3 Å². The first-order chi connectivity index (χ1) is 9.13. The first kappa shape index (κ1) is 11.9. The number of aliphatic carboxylic acids is 1. The molecule has 3 aromatic heterocycles. The molecule has 0 unspecified atom stereocenters. The number of carbonyl (C=O) groups is 1. The van der Waals surface area contributed by atoms with Gasteiger partial charge in [-0.1, -0.05) is 0 Å². The molecule has 19 heavy (non-hydrogen) atoms. The number of hydrogen-bond acceptors (Lipinski definition) is 4. The van der Waals surface area contributed by atoms with Crippen molar-refractivity contribution < 1.29 is 9.90 Å². The number of rotatable bonds is 3. The average molecular weight is 273 g/mol. The van der Waals surface area contributed by atoms with E-state index in [0.29, 0.717) is 0 Å². The SMILES string of the molecule is Cc1cc(-c2cnc3[nH]ncc3c2)c(CC(=O)O)s1. The summed E-state index contributed by atoms with van der Waals surface area (Å²) in [6.07, 6.45) is 3.49. The van der Waals surface area contributed by atoms with Gasteiger partial charge in [0.25, 0.3) is 0 Å². The van der Waals surface area contributed by atoms with Crippen LogP contribution in [0.25, 0.3) is 22.2 Å². The van der Waals surface area contributed by atoms with E-state index in [2.05, 4.69) is 15.2 Å². The van der Waals surface area contributed by atoms with E-state index in [-0.39, 0.29) is 6.42 Å². The number of aryl methyl sites for hydroxylation is 1. The fraction of sp³-hybridized carbons (Fsp3) is 0.154. The summed E-state index contributed by atoms with van der Waals surface area (Å²) in [5.74, 6) is -0.819. The summed E-state index contributed by atoms with van der Waals surface area (Å²) in [5.41, 5.74) is 2.60. The van der Waals surface area contributed by atoms with Crippen LogP contribution in [0.15, 0.2) is 24.5 Å². The van der Waals surface area contributed by atoms with Crippen molar-refractivity contribution in [3.8, 4) is 11.1 Å². The van der Waals surface area contributed by atoms with E-state index >= 15 is 0 Å². The fourth-order valence-electron chi connectivity index (χ4n) is 2.06. The van der Waals surface area contributed by atoms with E-state index < -0.39 is 5.97 Å². The summed E-state index contributed by atoms with van der Waals surface area (Å²) in [6, 6.07) is 3.98. The third-order valence-electron chi connectivity index (χ3n) is 2.85. The number of hydrogen-bond donors (Lipinski definition) is 2. The van der Waals surface area contributed by atoms with Crippen molar-refractivity contribution in [1.29, 1.82) is 0 Å². The lowest BCUT2D eigenvalue weighted by molar-refractivity contribution is -0.136. The van der Waals surface area contributed by atoms with Crippen LogP contribution in [0.5, 0.6) is 0 Å². The third-order valence-corrected chi connectivity index (χ3v) is 3.90. The second-order valence-corrected chi connectivity index (χ2v) is 5.64. The Morgan fingerprint density at radius 3 is 3.05 bits per heavy atom. The Bertz CT molecular complexity index is 760. The van der Waals surface area contributed by atoms with E-state index in [9.17, 15) is 4.79 Å². The highest BCUT2D eigenvalue weighted by molar-refractivity contribution is 7.12. The van der Waals surface area contributed by atoms with Crippen molar-refractivity contribution in [2.75, 3.05) is 0 Å². The number of carboxylic acid groups (broad SMARTS) is 1. The monoisotopic (exact) mass is 273 g/mol. The zero-order valence-electron chi connectivity index (χ0n) is 10.2. The molecule has 0 bridgehead atoms. The van der Waals surface area contributed by atoms with Gasteiger partial charge in [-0.3, -0.25) is 9.89 Å². The number of fused-ring (bicyclic) bond motifs is 1. The Labute approximate surface area is 112 Å². The molecule has 3 rings (SSSR count). The van der Waals surface area contributed by atoms with Crippen LogP contribution in [0.2, 0.25) is 0 Å². The molecule has 5 nitrogen and oxygen atoms in total. The van der Waals surface area contributed by atoms with Gasteiger partial charge in [-0.2, -0.15) is 5.10 Å². The highest BCUT2D eigenvalue weighted by atomic mass is 32.1. The number of pyridine rings is 1. The fourth-order valence-corrected chi connectivity index (χ4v) is 3.11. The molecule has 96 valence electrons. The van der Waals surface area contributed by atoms with Crippen LogP contribution in [0, 0.1) is 6.92 Å². The van der Waals surface area contributed by atoms with Gasteiger partial charge >= 0.3 is 5.97 Å². The van der Waals surface area contributed by atoms with Crippen LogP contribution in [0.4, 0.5) is 0 Å². The molecule has 0 aliphatic heterocycles. The Kier molecular flexibility index (Phi) is 2.79. The van der Waals surface area contributed by atoms with Gasteiger partial charge in [0.2, 0.25) is 0 Å². The molecule has 0 atom stereocenters. The number of nitrogens with one attached hydrogen (secondary N) is 1. The Morgan fingerprint density at radius 2 is 2.26 bits per heavy atom. The summed E-state index contributed by atoms with van der Waals surface area (Å²) in [4.78, 5) is 17.1. The zero-order valence-corrected chi connectivity index (χ0v) is 11.0. The molecule has 0 aliphatic rings. The summed E-state index contributed by atoms with van der Waals surface area (Å²) < 4.78 is 0. The largest absolute Gasteiger partial charge is 0.481 e. The van der Waals surface area contributed by atoms with Gasteiger partial charge in [0.15, 0.2) is 5.65 Å². The quantitative estimate of drug-likeness (QED) is 0.768. The van der Waals surface area contributed by atoms with E-state index in [4.69, 9.17) is 5.11 Å². The minimum atomic E-state index is -0.819. The lowest BCUT2D eigenvalue weighted by Gasteiger charge is -2.01. The van der Waals surface area contributed by atoms with Gasteiger partial charge in [-0.25, -0.2) is 4.98 Å². The highest BCUT2D eigenvalue weighted by Crippen LogP contribution is 2.32. The molecule has 0 saturated heterocycles. The molecule has 2 N–H and O–H groups in total. The van der Waals surface area contributed by atoms with Crippen molar-refractivity contribution in [2.24, 2.45) is 0 Å². The van der Waals surface area contributed by atoms with Crippen LogP contribution in [0.3, 0.4) is 0 Å². The van der Waals surface area contributed by atoms with Crippen LogP contribution in [-0.2, 0) is 11.2 Å². The van der Waals surface area contributed by atoms with Crippen molar-refractivity contribution in [1.82, 2.24) is 15.2 Å². The lowest BCUT2D eigenvalue weighted by atomic mass is 10.1. The maximum Gasteiger partial charge on any atom is 0.308 e. The highest BCUT2D eigenvalue weighted by Gasteiger charge is 2.13. The topological polar surface area (TPSA) is 78.9 Å². The molecular weight excluding hydrogens is 262 g/mol. The number of aromatic nitrogens is 3. The number of aromatic amines is 1. The van der Waals surface area contributed by atoms with Crippen molar-refractivity contribution in [3.05, 3.63) is 34.3 Å². The molecular formula is C13H11N3O2S. The number of carboxylic acids is 1. The Balaban J connectivity index is 2.11. The van der Waals surface area contributed by atoms with Crippen LogP contribution < -0.4 is 0 Å². The lowest BCUT2D eigenvalue weighted by Crippen LogP contribution is -1.99. The van der Waals surface area contributed by atoms with E-state index in [0.717, 1.165) is 31.9 Å². The molecule has 0 saturated carbocycles. The normalized spacial score (nSPS) is 11.0. The first-order valence-electron chi connectivity index (χ1n) is 5.74.